The van der Waals surface area contributed by atoms with Crippen molar-refractivity contribution in [2.24, 2.45) is 0 Å². The number of benzene rings is 4. The summed E-state index contributed by atoms with van der Waals surface area (Å²) >= 11 is 17.3. The molecule has 4 aromatic carbocycles. The first-order chi connectivity index (χ1) is 22.4. The topological polar surface area (TPSA) is 69.7 Å². The van der Waals surface area contributed by atoms with Crippen molar-refractivity contribution >= 4 is 52.2 Å². The van der Waals surface area contributed by atoms with Crippen molar-refractivity contribution in [2.45, 2.75) is 51.4 Å². The highest BCUT2D eigenvalue weighted by Gasteiger charge is 2.28. The van der Waals surface area contributed by atoms with E-state index in [4.69, 9.17) is 44.3 Å². The van der Waals surface area contributed by atoms with Crippen LogP contribution >= 0.6 is 34.8 Å². The first-order valence-corrected chi connectivity index (χ1v) is 17.1. The Balaban J connectivity index is 0.000000244. The minimum absolute atomic E-state index is 0.0164. The Hall–Kier alpha value is -3.64. The summed E-state index contributed by atoms with van der Waals surface area (Å²) in [5.74, 6) is 4.14. The van der Waals surface area contributed by atoms with Gasteiger partial charge in [-0.15, -0.1) is 34.8 Å². The van der Waals surface area contributed by atoms with Gasteiger partial charge in [0.2, 0.25) is 0 Å². The molecule has 2 aliphatic heterocycles. The van der Waals surface area contributed by atoms with Gasteiger partial charge in [-0.25, -0.2) is 0 Å². The maximum Gasteiger partial charge on any atom is 0.164 e. The van der Waals surface area contributed by atoms with Crippen LogP contribution in [0.5, 0.6) is 23.0 Å². The molecule has 0 bridgehead atoms. The minimum Gasteiger partial charge on any atom is -0.457 e. The number of ketones is 3. The summed E-state index contributed by atoms with van der Waals surface area (Å²) in [4.78, 5) is 38.4. The molecule has 2 heterocycles. The van der Waals surface area contributed by atoms with E-state index in [0.29, 0.717) is 83.5 Å². The van der Waals surface area contributed by atoms with Gasteiger partial charge in [-0.1, -0.05) is 36.4 Å². The molecule has 0 radical (unpaired) electrons. The number of hydrogen-bond donors (Lipinski definition) is 0. The number of halogens is 3. The van der Waals surface area contributed by atoms with Crippen LogP contribution in [0.4, 0.5) is 0 Å². The summed E-state index contributed by atoms with van der Waals surface area (Å²) in [6.07, 6.45) is 3.96. The number of Topliss-reactive ketones (excluding diaryl/α,β-unsaturated/α-hetero) is 3. The maximum atomic E-state index is 13.1. The highest BCUT2D eigenvalue weighted by atomic mass is 35.5. The number of para-hydroxylation sites is 2. The minimum atomic E-state index is -0.127. The average Bonchev–Trinajstić information content (AvgIpc) is 3.09. The Labute approximate surface area is 284 Å². The van der Waals surface area contributed by atoms with Gasteiger partial charge in [0, 0.05) is 77.6 Å². The first kappa shape index (κ1) is 33.7. The number of fused-ring (bicyclic) bond motifs is 4. The molecule has 0 N–H and O–H groups in total. The van der Waals surface area contributed by atoms with Crippen molar-refractivity contribution in [3.05, 3.63) is 118 Å². The van der Waals surface area contributed by atoms with Crippen molar-refractivity contribution in [1.29, 1.82) is 0 Å². The van der Waals surface area contributed by atoms with E-state index in [-0.39, 0.29) is 30.2 Å². The molecule has 0 saturated carbocycles. The molecule has 0 amide bonds. The monoisotopic (exact) mass is 676 g/mol. The van der Waals surface area contributed by atoms with Crippen LogP contribution < -0.4 is 9.47 Å². The summed E-state index contributed by atoms with van der Waals surface area (Å²) in [6.45, 7) is 0. The molecule has 0 aromatic heterocycles. The van der Waals surface area contributed by atoms with Crippen LogP contribution in [0.3, 0.4) is 0 Å². The molecule has 0 aliphatic carbocycles. The number of rotatable bonds is 12. The van der Waals surface area contributed by atoms with Gasteiger partial charge in [0.05, 0.1) is 0 Å². The standard InChI is InChI=1S/C25H25Cl3O4.C13H10O/c26-11-1-4-20(29)16-7-9-23-17(14-16)15-19-24(32-23)10-8-18(21(30)5-2-12-27)25(19)22(31)6-3-13-28;1-3-7-12-10(5-1)9-11-6-2-4-8-13(11)14-12/h7-10,14H,1-6,11-13,15H2;1-8H,9H2. The van der Waals surface area contributed by atoms with E-state index < -0.39 is 0 Å². The molecule has 5 nitrogen and oxygen atoms in total. The number of carbonyl (C=O) groups excluding carboxylic acids is 3. The van der Waals surface area contributed by atoms with Gasteiger partial charge in [-0.2, -0.15) is 0 Å². The van der Waals surface area contributed by atoms with Gasteiger partial charge in [-0.3, -0.25) is 14.4 Å². The number of hydrogen-bond acceptors (Lipinski definition) is 5. The lowest BCUT2D eigenvalue weighted by molar-refractivity contribution is 0.0947. The van der Waals surface area contributed by atoms with Crippen molar-refractivity contribution in [3.8, 4) is 23.0 Å². The Bertz CT molecular complexity index is 1640. The lowest BCUT2D eigenvalue weighted by Crippen LogP contribution is -2.16. The molecule has 0 atom stereocenters. The zero-order chi connectivity index (χ0) is 32.5. The van der Waals surface area contributed by atoms with E-state index in [2.05, 4.69) is 24.3 Å². The van der Waals surface area contributed by atoms with E-state index in [9.17, 15) is 14.4 Å². The van der Waals surface area contributed by atoms with Crippen molar-refractivity contribution < 1.29 is 23.9 Å². The van der Waals surface area contributed by atoms with Crippen molar-refractivity contribution in [3.63, 3.8) is 0 Å². The summed E-state index contributed by atoms with van der Waals surface area (Å²) in [6, 6.07) is 25.1. The average molecular weight is 678 g/mol. The van der Waals surface area contributed by atoms with Crippen LogP contribution in [0.15, 0.2) is 78.9 Å². The van der Waals surface area contributed by atoms with Gasteiger partial charge >= 0.3 is 0 Å². The molecule has 2 aliphatic rings. The number of ether oxygens (including phenoxy) is 2. The highest BCUT2D eigenvalue weighted by Crippen LogP contribution is 2.41. The second-order valence-corrected chi connectivity index (χ2v) is 12.3. The molecule has 0 unspecified atom stereocenters. The van der Waals surface area contributed by atoms with Gasteiger partial charge in [0.25, 0.3) is 0 Å². The molecule has 46 heavy (non-hydrogen) atoms. The molecule has 0 saturated heterocycles. The zero-order valence-corrected chi connectivity index (χ0v) is 27.7. The lowest BCUT2D eigenvalue weighted by Gasteiger charge is -2.24. The quantitative estimate of drug-likeness (QED) is 0.0952. The van der Waals surface area contributed by atoms with Gasteiger partial charge in [0.1, 0.15) is 23.0 Å². The van der Waals surface area contributed by atoms with Gasteiger partial charge in [-0.05, 0) is 72.9 Å². The molecule has 238 valence electrons. The maximum absolute atomic E-state index is 13.1. The van der Waals surface area contributed by atoms with E-state index in [0.717, 1.165) is 23.5 Å². The zero-order valence-electron chi connectivity index (χ0n) is 25.5. The van der Waals surface area contributed by atoms with E-state index >= 15 is 0 Å². The molecule has 4 aromatic rings. The third kappa shape index (κ3) is 8.01. The lowest BCUT2D eigenvalue weighted by atomic mass is 9.86. The fourth-order valence-corrected chi connectivity index (χ4v) is 6.06. The smallest absolute Gasteiger partial charge is 0.164 e. The van der Waals surface area contributed by atoms with Crippen molar-refractivity contribution in [1.82, 2.24) is 0 Å². The molecule has 8 heteroatoms. The first-order valence-electron chi connectivity index (χ1n) is 15.5. The Morgan fingerprint density at radius 2 is 1.07 bits per heavy atom. The number of alkyl halides is 3. The van der Waals surface area contributed by atoms with Crippen LogP contribution in [-0.4, -0.2) is 35.0 Å². The van der Waals surface area contributed by atoms with Crippen molar-refractivity contribution in [2.75, 3.05) is 17.6 Å². The van der Waals surface area contributed by atoms with Crippen LogP contribution in [0, 0.1) is 0 Å². The Morgan fingerprint density at radius 3 is 1.70 bits per heavy atom. The van der Waals surface area contributed by atoms with Crippen LogP contribution in [-0.2, 0) is 12.8 Å². The molecule has 0 spiro atoms. The second kappa shape index (κ2) is 16.3. The third-order valence-corrected chi connectivity index (χ3v) is 8.78. The Kier molecular flexibility index (Phi) is 11.9. The highest BCUT2D eigenvalue weighted by molar-refractivity contribution is 6.18. The van der Waals surface area contributed by atoms with Crippen LogP contribution in [0.25, 0.3) is 0 Å². The fraction of sp³-hybridized carbons (Fsp3) is 0.289. The molecule has 6 rings (SSSR count). The third-order valence-electron chi connectivity index (χ3n) is 7.98. The largest absolute Gasteiger partial charge is 0.457 e. The predicted octanol–water partition coefficient (Wildman–Crippen LogP) is 10.4. The normalized spacial score (nSPS) is 12.2. The SMILES string of the molecule is O=C(CCCCl)c1ccc2c(c1)Cc1c(ccc(C(=O)CCCCl)c1C(=O)CCCCl)O2.c1ccc2c(c1)Cc1ccccc1O2. The van der Waals surface area contributed by atoms with Crippen LogP contribution in [0.2, 0.25) is 0 Å². The second-order valence-electron chi connectivity index (χ2n) is 11.2. The van der Waals surface area contributed by atoms with Gasteiger partial charge < -0.3 is 9.47 Å². The summed E-state index contributed by atoms with van der Waals surface area (Å²) in [5.41, 5.74) is 5.42. The summed E-state index contributed by atoms with van der Waals surface area (Å²) in [5, 5.41) is 0. The Morgan fingerprint density at radius 1 is 0.543 bits per heavy atom. The van der Waals surface area contributed by atoms with E-state index in [1.807, 2.05) is 30.3 Å². The van der Waals surface area contributed by atoms with Gasteiger partial charge in [0.15, 0.2) is 17.3 Å². The predicted molar refractivity (Wildman–Crippen MR) is 184 cm³/mol. The van der Waals surface area contributed by atoms with Crippen LogP contribution in [0.1, 0.15) is 91.9 Å². The summed E-state index contributed by atoms with van der Waals surface area (Å²) < 4.78 is 11.8. The molecule has 0 fully saturated rings. The summed E-state index contributed by atoms with van der Waals surface area (Å²) in [7, 11) is 0. The molecular formula is C38H35Cl3O5. The van der Waals surface area contributed by atoms with E-state index in [1.54, 1.807) is 24.3 Å². The van der Waals surface area contributed by atoms with E-state index in [1.165, 1.54) is 11.1 Å². The fourth-order valence-electron chi connectivity index (χ4n) is 5.66. The number of carbonyl (C=O) groups is 3. The molecular weight excluding hydrogens is 643 g/mol.